The Morgan fingerprint density at radius 1 is 1.21 bits per heavy atom. The van der Waals surface area contributed by atoms with E-state index in [1.807, 2.05) is 0 Å². The lowest BCUT2D eigenvalue weighted by atomic mass is 10.1. The Labute approximate surface area is 102 Å². The van der Waals surface area contributed by atoms with E-state index in [2.05, 4.69) is 14.5 Å². The van der Waals surface area contributed by atoms with E-state index in [-0.39, 0.29) is 0 Å². The number of hydrogen-bond donors (Lipinski definition) is 1. The zero-order valence-electron chi connectivity index (χ0n) is 9.26. The Morgan fingerprint density at radius 2 is 1.79 bits per heavy atom. The predicted octanol–water partition coefficient (Wildman–Crippen LogP) is 2.50. The summed E-state index contributed by atoms with van der Waals surface area (Å²) in [5, 5.41) is 8.73. The molecule has 0 unspecified atom stereocenters. The fourth-order valence-electron chi connectivity index (χ4n) is 1.29. The molecule has 0 atom stereocenters. The summed E-state index contributed by atoms with van der Waals surface area (Å²) in [6.45, 7) is -1.20. The van der Waals surface area contributed by atoms with E-state index in [9.17, 15) is 26.3 Å². The largest absolute Gasteiger partial charge is 0.573 e. The van der Waals surface area contributed by atoms with Crippen LogP contribution in [0.2, 0.25) is 0 Å². The quantitative estimate of drug-likeness (QED) is 0.869. The van der Waals surface area contributed by atoms with Crippen LogP contribution >= 0.6 is 0 Å². The molecule has 0 bridgehead atoms. The maximum absolute atomic E-state index is 12.7. The average molecular weight is 291 g/mol. The van der Waals surface area contributed by atoms with Crippen LogP contribution in [0.1, 0.15) is 11.3 Å². The van der Waals surface area contributed by atoms with E-state index < -0.39 is 41.9 Å². The third-order valence-electron chi connectivity index (χ3n) is 1.95. The number of nitrogens with zero attached hydrogens (tertiary/aromatic N) is 1. The van der Waals surface area contributed by atoms with Crippen molar-refractivity contribution in [1.29, 1.82) is 0 Å². The molecule has 0 aliphatic rings. The molecule has 108 valence electrons. The summed E-state index contributed by atoms with van der Waals surface area (Å²) in [5.74, 6) is -2.43. The molecule has 0 radical (unpaired) electrons. The molecule has 1 aromatic heterocycles. The van der Waals surface area contributed by atoms with Crippen LogP contribution < -0.4 is 9.47 Å². The number of hydrogen-bond acceptors (Lipinski definition) is 4. The zero-order chi connectivity index (χ0) is 14.8. The van der Waals surface area contributed by atoms with Gasteiger partial charge in [0.25, 0.3) is 0 Å². The molecule has 0 spiro atoms. The Balaban J connectivity index is 3.53. The van der Waals surface area contributed by atoms with Crippen LogP contribution in [0.5, 0.6) is 11.5 Å². The topological polar surface area (TPSA) is 51.6 Å². The normalized spacial score (nSPS) is 12.4. The number of alkyl halides is 6. The highest BCUT2D eigenvalue weighted by molar-refractivity contribution is 5.49. The number of pyridine rings is 1. The van der Waals surface area contributed by atoms with Gasteiger partial charge in [0.05, 0.1) is 25.6 Å². The summed E-state index contributed by atoms with van der Waals surface area (Å²) in [4.78, 5) is 3.18. The summed E-state index contributed by atoms with van der Waals surface area (Å²) in [5.41, 5.74) is -2.82. The molecule has 10 heteroatoms. The van der Waals surface area contributed by atoms with Gasteiger partial charge in [-0.2, -0.15) is 13.2 Å². The van der Waals surface area contributed by atoms with Gasteiger partial charge >= 0.3 is 12.5 Å². The molecule has 0 fully saturated rings. The lowest BCUT2D eigenvalue weighted by Crippen LogP contribution is -2.22. The molecule has 0 amide bonds. The molecule has 0 aromatic carbocycles. The third kappa shape index (κ3) is 3.63. The maximum atomic E-state index is 12.7. The van der Waals surface area contributed by atoms with Gasteiger partial charge in [0, 0.05) is 0 Å². The van der Waals surface area contributed by atoms with Gasteiger partial charge in [-0.3, -0.25) is 4.98 Å². The molecular weight excluding hydrogens is 284 g/mol. The molecular formula is C9H7F6NO3. The smallest absolute Gasteiger partial charge is 0.491 e. The highest BCUT2D eigenvalue weighted by Crippen LogP contribution is 2.44. The molecule has 0 saturated carbocycles. The van der Waals surface area contributed by atoms with Crippen LogP contribution in [0.25, 0.3) is 0 Å². The lowest BCUT2D eigenvalue weighted by molar-refractivity contribution is -0.276. The lowest BCUT2D eigenvalue weighted by Gasteiger charge is -2.19. The zero-order valence-corrected chi connectivity index (χ0v) is 9.26. The van der Waals surface area contributed by atoms with Crippen molar-refractivity contribution in [3.05, 3.63) is 17.5 Å². The minimum atomic E-state index is -5.35. The van der Waals surface area contributed by atoms with Gasteiger partial charge in [0.15, 0.2) is 11.5 Å². The summed E-state index contributed by atoms with van der Waals surface area (Å²) in [7, 11) is 0.860. The second kappa shape index (κ2) is 5.11. The monoisotopic (exact) mass is 291 g/mol. The summed E-state index contributed by atoms with van der Waals surface area (Å²) < 4.78 is 82.3. The highest BCUT2D eigenvalue weighted by Gasteiger charge is 2.43. The van der Waals surface area contributed by atoms with E-state index in [0.29, 0.717) is 6.20 Å². The number of ether oxygens (including phenoxy) is 2. The molecule has 1 N–H and O–H groups in total. The first-order valence-corrected chi connectivity index (χ1v) is 4.59. The van der Waals surface area contributed by atoms with Crippen molar-refractivity contribution in [1.82, 2.24) is 4.98 Å². The van der Waals surface area contributed by atoms with Crippen molar-refractivity contribution in [2.24, 2.45) is 0 Å². The van der Waals surface area contributed by atoms with Crippen molar-refractivity contribution in [2.45, 2.75) is 19.1 Å². The van der Waals surface area contributed by atoms with Crippen molar-refractivity contribution < 1.29 is 40.9 Å². The minimum absolute atomic E-state index is 0.599. The van der Waals surface area contributed by atoms with Crippen molar-refractivity contribution in [3.63, 3.8) is 0 Å². The maximum Gasteiger partial charge on any atom is 0.573 e. The Morgan fingerprint density at radius 3 is 2.16 bits per heavy atom. The van der Waals surface area contributed by atoms with E-state index >= 15 is 0 Å². The minimum Gasteiger partial charge on any atom is -0.491 e. The van der Waals surface area contributed by atoms with E-state index in [1.54, 1.807) is 0 Å². The van der Waals surface area contributed by atoms with Gasteiger partial charge in [-0.1, -0.05) is 0 Å². The average Bonchev–Trinajstić information content (AvgIpc) is 2.24. The second-order valence-corrected chi connectivity index (χ2v) is 3.18. The first kappa shape index (κ1) is 15.3. The number of rotatable bonds is 3. The van der Waals surface area contributed by atoms with Crippen molar-refractivity contribution in [2.75, 3.05) is 7.11 Å². The predicted molar refractivity (Wildman–Crippen MR) is 48.4 cm³/mol. The van der Waals surface area contributed by atoms with Crippen LogP contribution in [0.4, 0.5) is 26.3 Å². The number of halogens is 6. The standard InChI is InChI=1S/C9H7F6NO3/c1-18-5-2-16-4(3-17)6(8(10,11)12)7(5)19-9(13,14)15/h2,17H,3H2,1H3. The molecule has 4 nitrogen and oxygen atoms in total. The molecule has 1 rings (SSSR count). The number of aliphatic hydroxyl groups excluding tert-OH is 1. The van der Waals surface area contributed by atoms with Gasteiger partial charge in [-0.15, -0.1) is 13.2 Å². The fourth-order valence-corrected chi connectivity index (χ4v) is 1.29. The fraction of sp³-hybridized carbons (Fsp3) is 0.444. The molecule has 1 heterocycles. The van der Waals surface area contributed by atoms with Gasteiger partial charge < -0.3 is 14.6 Å². The van der Waals surface area contributed by atoms with Crippen LogP contribution in [-0.2, 0) is 12.8 Å². The molecule has 0 aliphatic heterocycles. The van der Waals surface area contributed by atoms with Gasteiger partial charge in [-0.05, 0) is 0 Å². The Kier molecular flexibility index (Phi) is 4.13. The first-order valence-electron chi connectivity index (χ1n) is 4.59. The summed E-state index contributed by atoms with van der Waals surface area (Å²) in [6, 6.07) is 0. The van der Waals surface area contributed by atoms with Crippen LogP contribution in [0.3, 0.4) is 0 Å². The summed E-state index contributed by atoms with van der Waals surface area (Å²) >= 11 is 0. The van der Waals surface area contributed by atoms with Crippen molar-refractivity contribution in [3.8, 4) is 11.5 Å². The van der Waals surface area contributed by atoms with Crippen LogP contribution in [-0.4, -0.2) is 23.6 Å². The number of aliphatic hydroxyl groups is 1. The highest BCUT2D eigenvalue weighted by atomic mass is 19.4. The second-order valence-electron chi connectivity index (χ2n) is 3.18. The Bertz CT molecular complexity index is 456. The number of aromatic nitrogens is 1. The molecule has 0 aliphatic carbocycles. The third-order valence-corrected chi connectivity index (χ3v) is 1.95. The molecule has 0 saturated heterocycles. The van der Waals surface area contributed by atoms with Gasteiger partial charge in [0.2, 0.25) is 0 Å². The summed E-state index contributed by atoms with van der Waals surface area (Å²) in [6.07, 6.45) is -9.94. The van der Waals surface area contributed by atoms with Gasteiger partial charge in [-0.25, -0.2) is 0 Å². The molecule has 19 heavy (non-hydrogen) atoms. The van der Waals surface area contributed by atoms with Crippen molar-refractivity contribution >= 4 is 0 Å². The SMILES string of the molecule is COc1cnc(CO)c(C(F)(F)F)c1OC(F)(F)F. The van der Waals surface area contributed by atoms with E-state index in [0.717, 1.165) is 7.11 Å². The van der Waals surface area contributed by atoms with E-state index in [1.165, 1.54) is 0 Å². The Hall–Kier alpha value is -1.71. The number of methoxy groups -OCH3 is 1. The van der Waals surface area contributed by atoms with Crippen LogP contribution in [0, 0.1) is 0 Å². The van der Waals surface area contributed by atoms with Crippen LogP contribution in [0.15, 0.2) is 6.20 Å². The van der Waals surface area contributed by atoms with Gasteiger partial charge in [0.1, 0.15) is 5.56 Å². The van der Waals surface area contributed by atoms with E-state index in [4.69, 9.17) is 5.11 Å². The first-order chi connectivity index (χ1) is 8.60. The molecule has 1 aromatic rings.